The molecule has 0 aromatic heterocycles. The van der Waals surface area contributed by atoms with Crippen LogP contribution in [0.15, 0.2) is 70.4 Å². The molecule has 144 valence electrons. The normalized spacial score (nSPS) is 22.9. The number of hydrogen-bond acceptors (Lipinski definition) is 5. The second kappa shape index (κ2) is 6.70. The van der Waals surface area contributed by atoms with Gasteiger partial charge in [-0.3, -0.25) is 4.79 Å². The number of nitrogens with zero attached hydrogens (tertiary/aromatic N) is 3. The Hall–Kier alpha value is -3.19. The van der Waals surface area contributed by atoms with Gasteiger partial charge in [-0.2, -0.15) is 0 Å². The van der Waals surface area contributed by atoms with Crippen molar-refractivity contribution in [2.45, 2.75) is 18.3 Å². The van der Waals surface area contributed by atoms with E-state index in [9.17, 15) is 14.7 Å². The van der Waals surface area contributed by atoms with Crippen LogP contribution in [0.1, 0.15) is 16.7 Å². The Bertz CT molecular complexity index is 1140. The highest BCUT2D eigenvalue weighted by Crippen LogP contribution is 2.45. The average molecular weight is 403 g/mol. The van der Waals surface area contributed by atoms with E-state index in [0.29, 0.717) is 11.5 Å². The topological polar surface area (TPSA) is 82.3 Å². The zero-order valence-electron chi connectivity index (χ0n) is 15.6. The fourth-order valence-corrected chi connectivity index (χ4v) is 5.55. The van der Waals surface area contributed by atoms with E-state index in [1.165, 1.54) is 16.7 Å². The van der Waals surface area contributed by atoms with Gasteiger partial charge in [0.05, 0.1) is 0 Å². The van der Waals surface area contributed by atoms with Crippen LogP contribution < -0.4 is 0 Å². The van der Waals surface area contributed by atoms with Gasteiger partial charge in [0.1, 0.15) is 17.1 Å². The quantitative estimate of drug-likeness (QED) is 0.854. The highest BCUT2D eigenvalue weighted by atomic mass is 32.2. The molecule has 0 saturated carbocycles. The summed E-state index contributed by atoms with van der Waals surface area (Å²) in [4.78, 5) is 26.5. The van der Waals surface area contributed by atoms with Gasteiger partial charge < -0.3 is 10.0 Å². The van der Waals surface area contributed by atoms with Crippen LogP contribution in [0.25, 0.3) is 5.57 Å². The molecular weight excluding hydrogens is 386 g/mol. The minimum atomic E-state index is -0.997. The van der Waals surface area contributed by atoms with Gasteiger partial charge in [0, 0.05) is 22.5 Å². The Morgan fingerprint density at radius 2 is 1.76 bits per heavy atom. The van der Waals surface area contributed by atoms with Gasteiger partial charge in [0.15, 0.2) is 5.71 Å². The number of amides is 1. The first-order chi connectivity index (χ1) is 14.1. The van der Waals surface area contributed by atoms with Gasteiger partial charge >= 0.3 is 5.97 Å². The van der Waals surface area contributed by atoms with Gasteiger partial charge in [-0.15, -0.1) is 22.0 Å². The molecule has 1 saturated heterocycles. The van der Waals surface area contributed by atoms with Crippen molar-refractivity contribution in [3.8, 4) is 0 Å². The van der Waals surface area contributed by atoms with Crippen molar-refractivity contribution < 1.29 is 14.7 Å². The summed E-state index contributed by atoms with van der Waals surface area (Å²) >= 11 is 1.48. The third kappa shape index (κ3) is 2.65. The molecule has 7 heteroatoms. The standard InChI is InChI=1S/C22H17N3O3S/c1-12-7-5-6-10-14(12)18-17-16(13-8-3-2-4-9-13)21-25(15(11-29-21)22(27)28)20(26)19(17)24-23-18/h2-10,15,21H,11H2,1H3,(H,27,28)/t15-,21?/m0/s1. The molecule has 1 N–H and O–H groups in total. The summed E-state index contributed by atoms with van der Waals surface area (Å²) in [6, 6.07) is 16.8. The van der Waals surface area contributed by atoms with Crippen molar-refractivity contribution in [2.24, 2.45) is 10.2 Å². The summed E-state index contributed by atoms with van der Waals surface area (Å²) in [5.41, 5.74) is 5.43. The largest absolute Gasteiger partial charge is 0.480 e. The molecule has 6 nitrogen and oxygen atoms in total. The molecule has 0 aliphatic carbocycles. The van der Waals surface area contributed by atoms with Crippen LogP contribution in [0.2, 0.25) is 0 Å². The van der Waals surface area contributed by atoms with Crippen molar-refractivity contribution >= 4 is 40.6 Å². The third-order valence-electron chi connectivity index (χ3n) is 5.45. The van der Waals surface area contributed by atoms with Crippen LogP contribution in [0, 0.1) is 6.92 Å². The number of carboxylic acids is 1. The van der Waals surface area contributed by atoms with Crippen molar-refractivity contribution in [2.75, 3.05) is 5.75 Å². The number of hydrogen-bond donors (Lipinski definition) is 1. The molecule has 2 atom stereocenters. The van der Waals surface area contributed by atoms with Crippen LogP contribution in [0.4, 0.5) is 0 Å². The SMILES string of the molecule is Cc1ccccc1C1=NN=C2C(=O)N3C(SC[C@H]3C(=O)O)C(c3ccccc3)=C21. The minimum Gasteiger partial charge on any atom is -0.480 e. The van der Waals surface area contributed by atoms with E-state index in [2.05, 4.69) is 10.2 Å². The minimum absolute atomic E-state index is 0.229. The van der Waals surface area contributed by atoms with E-state index in [4.69, 9.17) is 0 Å². The fraction of sp³-hybridized carbons (Fsp3) is 0.182. The maximum atomic E-state index is 13.3. The molecule has 0 radical (unpaired) electrons. The Morgan fingerprint density at radius 1 is 1.07 bits per heavy atom. The lowest BCUT2D eigenvalue weighted by Gasteiger charge is -2.34. The van der Waals surface area contributed by atoms with E-state index in [0.717, 1.165) is 27.8 Å². The molecule has 3 aliphatic heterocycles. The van der Waals surface area contributed by atoms with Crippen LogP contribution >= 0.6 is 11.8 Å². The summed E-state index contributed by atoms with van der Waals surface area (Å²) in [5.74, 6) is -1.02. The molecular formula is C22H17N3O3S. The summed E-state index contributed by atoms with van der Waals surface area (Å²) in [5, 5.41) is 17.9. The number of benzene rings is 2. The maximum Gasteiger partial charge on any atom is 0.327 e. The molecule has 1 amide bonds. The zero-order valence-corrected chi connectivity index (χ0v) is 16.4. The maximum absolute atomic E-state index is 13.3. The van der Waals surface area contributed by atoms with Crippen LogP contribution in [0.5, 0.6) is 0 Å². The molecule has 5 rings (SSSR count). The molecule has 3 aliphatic rings. The first kappa shape index (κ1) is 17.9. The number of fused-ring (bicyclic) bond motifs is 2. The third-order valence-corrected chi connectivity index (χ3v) is 6.73. The number of aryl methyl sites for hydroxylation is 1. The summed E-state index contributed by atoms with van der Waals surface area (Å²) in [7, 11) is 0. The predicted molar refractivity (Wildman–Crippen MR) is 113 cm³/mol. The first-order valence-corrected chi connectivity index (χ1v) is 10.3. The van der Waals surface area contributed by atoms with Gasteiger partial charge in [-0.05, 0) is 18.1 Å². The zero-order chi connectivity index (χ0) is 20.1. The fourth-order valence-electron chi connectivity index (χ4n) is 4.06. The number of thioether (sulfide) groups is 1. The summed E-state index contributed by atoms with van der Waals surface area (Å²) in [6.45, 7) is 2.00. The van der Waals surface area contributed by atoms with Crippen molar-refractivity contribution in [3.63, 3.8) is 0 Å². The van der Waals surface area contributed by atoms with Crippen molar-refractivity contribution in [3.05, 3.63) is 76.9 Å². The second-order valence-electron chi connectivity index (χ2n) is 7.12. The van der Waals surface area contributed by atoms with E-state index >= 15 is 0 Å². The predicted octanol–water partition coefficient (Wildman–Crippen LogP) is 2.98. The van der Waals surface area contributed by atoms with E-state index in [-0.39, 0.29) is 17.0 Å². The molecule has 2 aromatic rings. The number of aliphatic carboxylic acids is 1. The second-order valence-corrected chi connectivity index (χ2v) is 8.23. The Balaban J connectivity index is 1.75. The van der Waals surface area contributed by atoms with Gasteiger partial charge in [0.25, 0.3) is 5.91 Å². The molecule has 2 aromatic carbocycles. The number of carbonyl (C=O) groups is 2. The van der Waals surface area contributed by atoms with E-state index in [1.54, 1.807) is 0 Å². The molecule has 3 heterocycles. The van der Waals surface area contributed by atoms with Crippen molar-refractivity contribution in [1.29, 1.82) is 0 Å². The molecule has 29 heavy (non-hydrogen) atoms. The van der Waals surface area contributed by atoms with Gasteiger partial charge in [-0.25, -0.2) is 4.79 Å². The molecule has 1 fully saturated rings. The van der Waals surface area contributed by atoms with Gasteiger partial charge in [0.2, 0.25) is 0 Å². The lowest BCUT2D eigenvalue weighted by Crippen LogP contribution is -2.52. The van der Waals surface area contributed by atoms with Crippen LogP contribution in [-0.2, 0) is 9.59 Å². The van der Waals surface area contributed by atoms with Crippen LogP contribution in [-0.4, -0.2) is 50.5 Å². The van der Waals surface area contributed by atoms with Crippen molar-refractivity contribution in [1.82, 2.24) is 4.90 Å². The number of carboxylic acid groups (broad SMARTS) is 1. The smallest absolute Gasteiger partial charge is 0.327 e. The molecule has 0 spiro atoms. The molecule has 0 bridgehead atoms. The highest BCUT2D eigenvalue weighted by Gasteiger charge is 2.51. The lowest BCUT2D eigenvalue weighted by atomic mass is 9.85. The Labute approximate surface area is 171 Å². The number of rotatable bonds is 3. The summed E-state index contributed by atoms with van der Waals surface area (Å²) < 4.78 is 0. The molecule has 1 unspecified atom stereocenters. The monoisotopic (exact) mass is 403 g/mol. The Morgan fingerprint density at radius 3 is 2.48 bits per heavy atom. The lowest BCUT2D eigenvalue weighted by molar-refractivity contribution is -0.146. The number of carbonyl (C=O) groups excluding carboxylic acids is 1. The van der Waals surface area contributed by atoms with Crippen LogP contribution in [0.3, 0.4) is 0 Å². The van der Waals surface area contributed by atoms with Gasteiger partial charge in [-0.1, -0.05) is 54.6 Å². The average Bonchev–Trinajstić information content (AvgIpc) is 3.35. The van der Waals surface area contributed by atoms with E-state index in [1.807, 2.05) is 61.5 Å². The highest BCUT2D eigenvalue weighted by molar-refractivity contribution is 8.00. The van der Waals surface area contributed by atoms with E-state index < -0.39 is 12.0 Å². The first-order valence-electron chi connectivity index (χ1n) is 9.27. The summed E-state index contributed by atoms with van der Waals surface area (Å²) in [6.07, 6.45) is 0. The Kier molecular flexibility index (Phi) is 4.13.